The molecule has 0 unspecified atom stereocenters. The van der Waals surface area contributed by atoms with Crippen LogP contribution in [-0.4, -0.2) is 48.7 Å². The van der Waals surface area contributed by atoms with Crippen LogP contribution in [0.5, 0.6) is 5.75 Å². The molecule has 0 spiro atoms. The first-order valence-corrected chi connectivity index (χ1v) is 9.63. The number of benzene rings is 2. The molecular formula is C21H23N5O2. The first-order valence-electron chi connectivity index (χ1n) is 9.63. The lowest BCUT2D eigenvalue weighted by Crippen LogP contribution is -2.44. The van der Waals surface area contributed by atoms with Crippen LogP contribution < -0.4 is 0 Å². The fourth-order valence-electron chi connectivity index (χ4n) is 3.77. The molecule has 1 aliphatic rings. The second-order valence-corrected chi connectivity index (χ2v) is 7.15. The molecule has 7 nitrogen and oxygen atoms in total. The molecule has 3 aromatic rings. The average molecular weight is 377 g/mol. The molecule has 0 bridgehead atoms. The number of tetrazole rings is 1. The minimum atomic E-state index is 0.0821. The minimum Gasteiger partial charge on any atom is -0.508 e. The minimum absolute atomic E-state index is 0.0821. The van der Waals surface area contributed by atoms with E-state index in [1.165, 1.54) is 11.9 Å². The molecule has 7 heteroatoms. The Balaban J connectivity index is 1.44. The summed E-state index contributed by atoms with van der Waals surface area (Å²) in [5.74, 6) is 0.363. The van der Waals surface area contributed by atoms with Gasteiger partial charge in [-0.15, -0.1) is 5.10 Å². The summed E-state index contributed by atoms with van der Waals surface area (Å²) in [5.41, 5.74) is 2.69. The molecule has 4 rings (SSSR count). The molecule has 1 amide bonds. The molecule has 1 N–H and O–H groups in total. The maximum absolute atomic E-state index is 13.1. The number of carbonyl (C=O) groups excluding carboxylic acids is 1. The van der Waals surface area contributed by atoms with Crippen molar-refractivity contribution in [3.63, 3.8) is 0 Å². The van der Waals surface area contributed by atoms with Gasteiger partial charge in [0.1, 0.15) is 12.1 Å². The quantitative estimate of drug-likeness (QED) is 0.739. The summed E-state index contributed by atoms with van der Waals surface area (Å²) in [4.78, 5) is 15.1. The Kier molecular flexibility index (Phi) is 5.32. The van der Waals surface area contributed by atoms with Crippen molar-refractivity contribution in [3.8, 4) is 11.4 Å². The standard InChI is InChI=1S/C21H23N5O2/c27-20-12-5-16(6-13-20)4-9-18-3-1-2-14-25(18)21(28)17-7-10-19(11-8-17)26-15-22-23-24-26/h5-8,10-13,15,18,27H,1-4,9,14H2/t18-/m1/s1. The second kappa shape index (κ2) is 8.21. The van der Waals surface area contributed by atoms with Crippen LogP contribution in [0.3, 0.4) is 0 Å². The number of piperidine rings is 1. The zero-order chi connectivity index (χ0) is 19.3. The van der Waals surface area contributed by atoms with Gasteiger partial charge in [0, 0.05) is 18.2 Å². The number of aromatic hydroxyl groups is 1. The van der Waals surface area contributed by atoms with E-state index in [1.807, 2.05) is 41.3 Å². The van der Waals surface area contributed by atoms with Crippen LogP contribution in [0.4, 0.5) is 0 Å². The highest BCUT2D eigenvalue weighted by Gasteiger charge is 2.27. The van der Waals surface area contributed by atoms with Crippen molar-refractivity contribution in [3.05, 3.63) is 66.0 Å². The Morgan fingerprint density at radius 1 is 1.07 bits per heavy atom. The van der Waals surface area contributed by atoms with Gasteiger partial charge in [0.25, 0.3) is 5.91 Å². The molecule has 1 atom stereocenters. The number of phenols is 1. The molecule has 2 aromatic carbocycles. The molecule has 1 aliphatic heterocycles. The number of carbonyl (C=O) groups is 1. The average Bonchev–Trinajstić information content (AvgIpc) is 3.28. The molecule has 1 fully saturated rings. The van der Waals surface area contributed by atoms with Gasteiger partial charge in [-0.2, -0.15) is 0 Å². The summed E-state index contributed by atoms with van der Waals surface area (Å²) in [7, 11) is 0. The van der Waals surface area contributed by atoms with E-state index in [4.69, 9.17) is 0 Å². The van der Waals surface area contributed by atoms with Crippen molar-refractivity contribution in [1.82, 2.24) is 25.1 Å². The van der Waals surface area contributed by atoms with Crippen LogP contribution in [0, 0.1) is 0 Å². The number of hydrogen-bond donors (Lipinski definition) is 1. The monoisotopic (exact) mass is 377 g/mol. The predicted molar refractivity (Wildman–Crippen MR) is 104 cm³/mol. The predicted octanol–water partition coefficient (Wildman–Crippen LogP) is 3.00. The maximum atomic E-state index is 13.1. The lowest BCUT2D eigenvalue weighted by atomic mass is 9.95. The van der Waals surface area contributed by atoms with Gasteiger partial charge < -0.3 is 10.0 Å². The molecule has 1 saturated heterocycles. The topological polar surface area (TPSA) is 84.1 Å². The third kappa shape index (κ3) is 4.03. The Morgan fingerprint density at radius 3 is 2.57 bits per heavy atom. The van der Waals surface area contributed by atoms with Crippen LogP contribution in [0.2, 0.25) is 0 Å². The highest BCUT2D eigenvalue weighted by Crippen LogP contribution is 2.24. The van der Waals surface area contributed by atoms with Crippen molar-refractivity contribution >= 4 is 5.91 Å². The summed E-state index contributed by atoms with van der Waals surface area (Å²) in [6.07, 6.45) is 6.59. The molecule has 28 heavy (non-hydrogen) atoms. The largest absolute Gasteiger partial charge is 0.508 e. The molecule has 0 saturated carbocycles. The summed E-state index contributed by atoms with van der Waals surface area (Å²) in [5, 5.41) is 20.6. The first-order chi connectivity index (χ1) is 13.7. The molecule has 144 valence electrons. The van der Waals surface area contributed by atoms with E-state index in [-0.39, 0.29) is 17.7 Å². The molecule has 0 aliphatic carbocycles. The Labute approximate surface area is 163 Å². The van der Waals surface area contributed by atoms with Gasteiger partial charge in [-0.1, -0.05) is 12.1 Å². The van der Waals surface area contributed by atoms with Crippen molar-refractivity contribution in [2.45, 2.75) is 38.1 Å². The first kappa shape index (κ1) is 18.2. The van der Waals surface area contributed by atoms with Gasteiger partial charge in [0.15, 0.2) is 0 Å². The number of phenolic OH excluding ortho intramolecular Hbond substituents is 1. The van der Waals surface area contributed by atoms with Gasteiger partial charge >= 0.3 is 0 Å². The fraction of sp³-hybridized carbons (Fsp3) is 0.333. The normalized spacial score (nSPS) is 16.9. The highest BCUT2D eigenvalue weighted by atomic mass is 16.3. The highest BCUT2D eigenvalue weighted by molar-refractivity contribution is 5.94. The third-order valence-corrected chi connectivity index (χ3v) is 5.32. The number of likely N-dealkylation sites (tertiary alicyclic amines) is 1. The lowest BCUT2D eigenvalue weighted by molar-refractivity contribution is 0.0602. The van der Waals surface area contributed by atoms with Gasteiger partial charge in [-0.25, -0.2) is 4.68 Å². The molecule has 0 radical (unpaired) electrons. The van der Waals surface area contributed by atoms with Crippen molar-refractivity contribution < 1.29 is 9.90 Å². The van der Waals surface area contributed by atoms with Gasteiger partial charge in [0.05, 0.1) is 5.69 Å². The van der Waals surface area contributed by atoms with Crippen LogP contribution in [0.25, 0.3) is 5.69 Å². The zero-order valence-corrected chi connectivity index (χ0v) is 15.6. The van der Waals surface area contributed by atoms with Crippen molar-refractivity contribution in [1.29, 1.82) is 0 Å². The van der Waals surface area contributed by atoms with Gasteiger partial charge in [0.2, 0.25) is 0 Å². The van der Waals surface area contributed by atoms with E-state index in [1.54, 1.807) is 16.8 Å². The van der Waals surface area contributed by atoms with E-state index < -0.39 is 0 Å². The fourth-order valence-corrected chi connectivity index (χ4v) is 3.77. The van der Waals surface area contributed by atoms with E-state index in [9.17, 15) is 9.90 Å². The molecule has 1 aromatic heterocycles. The number of hydrogen-bond acceptors (Lipinski definition) is 5. The Morgan fingerprint density at radius 2 is 1.86 bits per heavy atom. The van der Waals surface area contributed by atoms with Crippen LogP contribution in [-0.2, 0) is 6.42 Å². The summed E-state index contributed by atoms with van der Waals surface area (Å²) >= 11 is 0. The number of amides is 1. The smallest absolute Gasteiger partial charge is 0.254 e. The van der Waals surface area contributed by atoms with Gasteiger partial charge in [-0.05, 0) is 84.5 Å². The number of aromatic nitrogens is 4. The lowest BCUT2D eigenvalue weighted by Gasteiger charge is -2.36. The van der Waals surface area contributed by atoms with E-state index >= 15 is 0 Å². The van der Waals surface area contributed by atoms with Crippen LogP contribution >= 0.6 is 0 Å². The van der Waals surface area contributed by atoms with Crippen molar-refractivity contribution in [2.75, 3.05) is 6.54 Å². The molecular weight excluding hydrogens is 354 g/mol. The summed E-state index contributed by atoms with van der Waals surface area (Å²) in [6, 6.07) is 15.0. The number of rotatable bonds is 5. The van der Waals surface area contributed by atoms with Gasteiger partial charge in [-0.3, -0.25) is 4.79 Å². The third-order valence-electron chi connectivity index (χ3n) is 5.32. The molecule has 2 heterocycles. The van der Waals surface area contributed by atoms with Crippen LogP contribution in [0.1, 0.15) is 41.6 Å². The van der Waals surface area contributed by atoms with E-state index in [2.05, 4.69) is 15.5 Å². The maximum Gasteiger partial charge on any atom is 0.254 e. The van der Waals surface area contributed by atoms with E-state index in [0.717, 1.165) is 44.3 Å². The number of nitrogens with zero attached hydrogens (tertiary/aromatic N) is 5. The Hall–Kier alpha value is -3.22. The Bertz CT molecular complexity index is 907. The summed E-state index contributed by atoms with van der Waals surface area (Å²) < 4.78 is 1.57. The van der Waals surface area contributed by atoms with Crippen LogP contribution in [0.15, 0.2) is 54.9 Å². The SMILES string of the molecule is O=C(c1ccc(-n2cnnn2)cc1)N1CCCC[C@@H]1CCc1ccc(O)cc1. The number of aryl methyl sites for hydroxylation is 1. The summed E-state index contributed by atoms with van der Waals surface area (Å²) in [6.45, 7) is 0.799. The van der Waals surface area contributed by atoms with E-state index in [0.29, 0.717) is 5.56 Å². The van der Waals surface area contributed by atoms with Crippen molar-refractivity contribution in [2.24, 2.45) is 0 Å². The zero-order valence-electron chi connectivity index (χ0n) is 15.6. The second-order valence-electron chi connectivity index (χ2n) is 7.15.